The minimum Gasteiger partial charge on any atom is -0.506 e. The number of aromatic hydroxyl groups is 1. The van der Waals surface area contributed by atoms with Gasteiger partial charge in [-0.3, -0.25) is 0 Å². The quantitative estimate of drug-likeness (QED) is 0.457. The first-order chi connectivity index (χ1) is 5.79. The molecule has 0 bridgehead atoms. The molecule has 0 heterocycles. The van der Waals surface area contributed by atoms with Crippen molar-refractivity contribution in [2.75, 3.05) is 5.73 Å². The summed E-state index contributed by atoms with van der Waals surface area (Å²) >= 11 is 0. The van der Waals surface area contributed by atoms with Crippen LogP contribution in [0.4, 0.5) is 5.69 Å². The third-order valence-electron chi connectivity index (χ3n) is 1.95. The van der Waals surface area contributed by atoms with Crippen molar-refractivity contribution in [3.63, 3.8) is 0 Å². The highest BCUT2D eigenvalue weighted by molar-refractivity contribution is 5.95. The molecule has 2 aromatic rings. The van der Waals surface area contributed by atoms with Crippen molar-refractivity contribution in [2.45, 2.75) is 0 Å². The van der Waals surface area contributed by atoms with Crippen molar-refractivity contribution < 1.29 is 5.11 Å². The molecule has 0 aliphatic heterocycles. The van der Waals surface area contributed by atoms with E-state index in [1.807, 2.05) is 30.3 Å². The Morgan fingerprint density at radius 3 is 2.58 bits per heavy atom. The molecule has 2 nitrogen and oxygen atoms in total. The molecule has 0 aromatic heterocycles. The number of rotatable bonds is 0. The van der Waals surface area contributed by atoms with Gasteiger partial charge in [-0.1, -0.05) is 30.3 Å². The lowest BCUT2D eigenvalue weighted by atomic mass is 10.1. The van der Waals surface area contributed by atoms with Crippen molar-refractivity contribution in [3.05, 3.63) is 36.4 Å². The maximum Gasteiger partial charge on any atom is 0.139 e. The van der Waals surface area contributed by atoms with Crippen LogP contribution < -0.4 is 5.73 Å². The van der Waals surface area contributed by atoms with E-state index in [9.17, 15) is 5.11 Å². The van der Waals surface area contributed by atoms with Gasteiger partial charge >= 0.3 is 0 Å². The van der Waals surface area contributed by atoms with Gasteiger partial charge in [0.05, 0.1) is 5.69 Å². The summed E-state index contributed by atoms with van der Waals surface area (Å²) in [5.74, 6) is 0.147. The molecule has 3 N–H and O–H groups in total. The molecular weight excluding hydrogens is 150 g/mol. The minimum atomic E-state index is 0.147. The molecule has 2 aromatic carbocycles. The van der Waals surface area contributed by atoms with Crippen molar-refractivity contribution in [3.8, 4) is 5.75 Å². The topological polar surface area (TPSA) is 46.2 Å². The van der Waals surface area contributed by atoms with E-state index in [-0.39, 0.29) is 5.75 Å². The molecule has 0 aliphatic rings. The molecule has 12 heavy (non-hydrogen) atoms. The average molecular weight is 159 g/mol. The molecule has 0 aliphatic carbocycles. The molecule has 0 saturated heterocycles. The fourth-order valence-electron chi connectivity index (χ4n) is 1.28. The molecule has 0 amide bonds. The Bertz CT molecular complexity index is 423. The standard InChI is InChI=1S/C10H9NO/c11-10-8-4-2-1-3-7(8)5-6-9(10)12/h1-6,12H,11H2. The van der Waals surface area contributed by atoms with Gasteiger partial charge in [0, 0.05) is 5.39 Å². The Balaban J connectivity index is 2.91. The Morgan fingerprint density at radius 1 is 1.00 bits per heavy atom. The number of hydrogen-bond acceptors (Lipinski definition) is 2. The van der Waals surface area contributed by atoms with Gasteiger partial charge in [0.15, 0.2) is 0 Å². The number of nitrogen functional groups attached to an aromatic ring is 1. The highest BCUT2D eigenvalue weighted by atomic mass is 16.3. The van der Waals surface area contributed by atoms with Crippen LogP contribution in [0.1, 0.15) is 0 Å². The first kappa shape index (κ1) is 6.98. The highest BCUT2D eigenvalue weighted by Crippen LogP contribution is 2.28. The molecule has 60 valence electrons. The number of nitrogens with two attached hydrogens (primary N) is 1. The summed E-state index contributed by atoms with van der Waals surface area (Å²) in [7, 11) is 0. The van der Waals surface area contributed by atoms with Gasteiger partial charge in [-0.15, -0.1) is 0 Å². The first-order valence-corrected chi connectivity index (χ1v) is 3.75. The van der Waals surface area contributed by atoms with Gasteiger partial charge in [-0.25, -0.2) is 0 Å². The van der Waals surface area contributed by atoms with Gasteiger partial charge in [0.2, 0.25) is 0 Å². The lowest BCUT2D eigenvalue weighted by Crippen LogP contribution is -1.86. The van der Waals surface area contributed by atoms with E-state index in [0.717, 1.165) is 10.8 Å². The Morgan fingerprint density at radius 2 is 1.75 bits per heavy atom. The average Bonchev–Trinajstić information content (AvgIpc) is 2.12. The molecule has 2 rings (SSSR count). The molecule has 0 spiro atoms. The van der Waals surface area contributed by atoms with Crippen molar-refractivity contribution in [2.24, 2.45) is 0 Å². The molecule has 0 unspecified atom stereocenters. The third kappa shape index (κ3) is 0.889. The summed E-state index contributed by atoms with van der Waals surface area (Å²) < 4.78 is 0. The molecular formula is C10H9NO. The lowest BCUT2D eigenvalue weighted by molar-refractivity contribution is 0.478. The van der Waals surface area contributed by atoms with Gasteiger partial charge in [0.25, 0.3) is 0 Å². The van der Waals surface area contributed by atoms with Crippen molar-refractivity contribution >= 4 is 16.5 Å². The second-order valence-corrected chi connectivity index (χ2v) is 2.72. The number of fused-ring (bicyclic) bond motifs is 1. The van der Waals surface area contributed by atoms with E-state index in [0.29, 0.717) is 5.69 Å². The number of hydrogen-bond donors (Lipinski definition) is 2. The maximum atomic E-state index is 9.29. The molecule has 0 atom stereocenters. The van der Waals surface area contributed by atoms with Gasteiger partial charge in [0.1, 0.15) is 5.75 Å². The van der Waals surface area contributed by atoms with E-state index in [4.69, 9.17) is 5.73 Å². The van der Waals surface area contributed by atoms with Crippen LogP contribution in [0.5, 0.6) is 5.75 Å². The summed E-state index contributed by atoms with van der Waals surface area (Å²) in [4.78, 5) is 0. The summed E-state index contributed by atoms with van der Waals surface area (Å²) in [6.07, 6.45) is 0. The van der Waals surface area contributed by atoms with Gasteiger partial charge < -0.3 is 10.8 Å². The molecule has 0 radical (unpaired) electrons. The zero-order valence-electron chi connectivity index (χ0n) is 6.49. The van der Waals surface area contributed by atoms with Crippen LogP contribution in [0.2, 0.25) is 0 Å². The summed E-state index contributed by atoms with van der Waals surface area (Å²) in [6, 6.07) is 11.2. The van der Waals surface area contributed by atoms with E-state index < -0.39 is 0 Å². The van der Waals surface area contributed by atoms with Crippen LogP contribution >= 0.6 is 0 Å². The maximum absolute atomic E-state index is 9.29. The van der Waals surface area contributed by atoms with E-state index >= 15 is 0 Å². The summed E-state index contributed by atoms with van der Waals surface area (Å²) in [6.45, 7) is 0. The normalized spacial score (nSPS) is 10.3. The molecule has 2 heteroatoms. The first-order valence-electron chi connectivity index (χ1n) is 3.75. The second kappa shape index (κ2) is 2.41. The van der Waals surface area contributed by atoms with Crippen LogP contribution in [0.15, 0.2) is 36.4 Å². The van der Waals surface area contributed by atoms with Crippen LogP contribution in [-0.2, 0) is 0 Å². The lowest BCUT2D eigenvalue weighted by Gasteiger charge is -2.02. The van der Waals surface area contributed by atoms with Crippen LogP contribution in [0.3, 0.4) is 0 Å². The highest BCUT2D eigenvalue weighted by Gasteiger charge is 2.00. The summed E-state index contributed by atoms with van der Waals surface area (Å²) in [5, 5.41) is 11.2. The molecule has 0 saturated carbocycles. The van der Waals surface area contributed by atoms with E-state index in [1.165, 1.54) is 0 Å². The van der Waals surface area contributed by atoms with Crippen LogP contribution in [0, 0.1) is 0 Å². The second-order valence-electron chi connectivity index (χ2n) is 2.72. The SMILES string of the molecule is Nc1c(O)ccc2ccccc12. The minimum absolute atomic E-state index is 0.147. The largest absolute Gasteiger partial charge is 0.506 e. The molecule has 0 fully saturated rings. The zero-order chi connectivity index (χ0) is 8.55. The fraction of sp³-hybridized carbons (Fsp3) is 0. The van der Waals surface area contributed by atoms with Gasteiger partial charge in [-0.05, 0) is 11.5 Å². The van der Waals surface area contributed by atoms with Crippen molar-refractivity contribution in [1.29, 1.82) is 0 Å². The predicted octanol–water partition coefficient (Wildman–Crippen LogP) is 2.13. The number of phenolic OH excluding ortho intramolecular Hbond substituents is 1. The fourth-order valence-corrected chi connectivity index (χ4v) is 1.28. The van der Waals surface area contributed by atoms with Gasteiger partial charge in [-0.2, -0.15) is 0 Å². The van der Waals surface area contributed by atoms with E-state index in [2.05, 4.69) is 0 Å². The van der Waals surface area contributed by atoms with E-state index in [1.54, 1.807) is 6.07 Å². The Labute approximate surface area is 70.2 Å². The number of phenols is 1. The van der Waals surface area contributed by atoms with Crippen molar-refractivity contribution in [1.82, 2.24) is 0 Å². The Hall–Kier alpha value is -1.70. The predicted molar refractivity (Wildman–Crippen MR) is 50.0 cm³/mol. The number of benzene rings is 2. The summed E-state index contributed by atoms with van der Waals surface area (Å²) in [5.41, 5.74) is 6.12. The Kier molecular flexibility index (Phi) is 1.40. The van der Waals surface area contributed by atoms with Crippen LogP contribution in [0.25, 0.3) is 10.8 Å². The zero-order valence-corrected chi connectivity index (χ0v) is 6.49. The monoisotopic (exact) mass is 159 g/mol. The van der Waals surface area contributed by atoms with Crippen LogP contribution in [-0.4, -0.2) is 5.11 Å². The smallest absolute Gasteiger partial charge is 0.139 e. The number of anilines is 1. The third-order valence-corrected chi connectivity index (χ3v) is 1.95.